The standard InChI is InChI=1S/C15H19ClN2O/c1-9-5-13(19-4)12-7-11(16)6-10(14(12)18-9)8-15(2,3)17/h5-7H,8,17H2,1-4H3. The molecule has 3 nitrogen and oxygen atoms in total. The second kappa shape index (κ2) is 4.99. The number of methoxy groups -OCH3 is 1. The van der Waals surface area contributed by atoms with Crippen LogP contribution in [0.2, 0.25) is 5.02 Å². The molecule has 0 unspecified atom stereocenters. The summed E-state index contributed by atoms with van der Waals surface area (Å²) in [7, 11) is 1.65. The smallest absolute Gasteiger partial charge is 0.130 e. The summed E-state index contributed by atoms with van der Waals surface area (Å²) in [6.07, 6.45) is 0.712. The molecule has 4 heteroatoms. The summed E-state index contributed by atoms with van der Waals surface area (Å²) < 4.78 is 5.42. The zero-order valence-electron chi connectivity index (χ0n) is 11.7. The zero-order valence-corrected chi connectivity index (χ0v) is 12.5. The van der Waals surface area contributed by atoms with Crippen molar-refractivity contribution in [1.82, 2.24) is 4.98 Å². The molecular formula is C15H19ClN2O. The fourth-order valence-corrected chi connectivity index (χ4v) is 2.49. The van der Waals surface area contributed by atoms with Crippen molar-refractivity contribution in [3.8, 4) is 5.75 Å². The van der Waals surface area contributed by atoms with E-state index in [1.54, 1.807) is 7.11 Å². The van der Waals surface area contributed by atoms with E-state index in [2.05, 4.69) is 4.98 Å². The molecule has 1 aromatic carbocycles. The minimum atomic E-state index is -0.309. The van der Waals surface area contributed by atoms with Crippen LogP contribution in [-0.4, -0.2) is 17.6 Å². The van der Waals surface area contributed by atoms with Crippen molar-refractivity contribution in [2.24, 2.45) is 5.73 Å². The third kappa shape index (κ3) is 3.17. The maximum absolute atomic E-state index is 6.20. The van der Waals surface area contributed by atoms with Crippen molar-refractivity contribution in [3.05, 3.63) is 34.5 Å². The zero-order chi connectivity index (χ0) is 14.2. The predicted octanol–water partition coefficient (Wildman–Crippen LogP) is 3.49. The molecule has 0 aliphatic rings. The van der Waals surface area contributed by atoms with Crippen LogP contribution in [0.25, 0.3) is 10.9 Å². The van der Waals surface area contributed by atoms with Crippen LogP contribution >= 0.6 is 11.6 Å². The van der Waals surface area contributed by atoms with Gasteiger partial charge in [-0.3, -0.25) is 4.98 Å². The summed E-state index contributed by atoms with van der Waals surface area (Å²) in [4.78, 5) is 4.62. The Morgan fingerprint density at radius 3 is 2.58 bits per heavy atom. The summed E-state index contributed by atoms with van der Waals surface area (Å²) in [5.41, 5.74) is 8.69. The van der Waals surface area contributed by atoms with Gasteiger partial charge in [-0.05, 0) is 44.9 Å². The number of nitrogens with two attached hydrogens (primary N) is 1. The van der Waals surface area contributed by atoms with E-state index in [0.717, 1.165) is 27.9 Å². The van der Waals surface area contributed by atoms with Crippen molar-refractivity contribution in [3.63, 3.8) is 0 Å². The Morgan fingerprint density at radius 2 is 2.00 bits per heavy atom. The van der Waals surface area contributed by atoms with Crippen molar-refractivity contribution in [1.29, 1.82) is 0 Å². The Bertz CT molecular complexity index is 618. The first kappa shape index (κ1) is 14.1. The van der Waals surface area contributed by atoms with Gasteiger partial charge in [0, 0.05) is 27.7 Å². The third-order valence-electron chi connectivity index (χ3n) is 2.91. The monoisotopic (exact) mass is 278 g/mol. The first-order valence-electron chi connectivity index (χ1n) is 6.23. The largest absolute Gasteiger partial charge is 0.496 e. The lowest BCUT2D eigenvalue weighted by Gasteiger charge is -2.20. The lowest BCUT2D eigenvalue weighted by molar-refractivity contribution is 0.419. The molecule has 19 heavy (non-hydrogen) atoms. The van der Waals surface area contributed by atoms with Gasteiger partial charge >= 0.3 is 0 Å². The van der Waals surface area contributed by atoms with Gasteiger partial charge in [0.15, 0.2) is 0 Å². The summed E-state index contributed by atoms with van der Waals surface area (Å²) in [6, 6.07) is 5.73. The van der Waals surface area contributed by atoms with E-state index in [0.29, 0.717) is 11.4 Å². The summed E-state index contributed by atoms with van der Waals surface area (Å²) >= 11 is 6.20. The molecule has 2 N–H and O–H groups in total. The predicted molar refractivity (Wildman–Crippen MR) is 80.0 cm³/mol. The fourth-order valence-electron chi connectivity index (χ4n) is 2.25. The van der Waals surface area contributed by atoms with Crippen LogP contribution in [0.5, 0.6) is 5.75 Å². The summed E-state index contributed by atoms with van der Waals surface area (Å²) in [5.74, 6) is 0.793. The number of hydrogen-bond donors (Lipinski definition) is 1. The summed E-state index contributed by atoms with van der Waals surface area (Å²) in [5, 5.41) is 1.61. The minimum Gasteiger partial charge on any atom is -0.496 e. The number of fused-ring (bicyclic) bond motifs is 1. The third-order valence-corrected chi connectivity index (χ3v) is 3.13. The molecule has 0 atom stereocenters. The van der Waals surface area contributed by atoms with Gasteiger partial charge in [-0.1, -0.05) is 11.6 Å². The molecule has 0 aliphatic heterocycles. The Labute approximate surface area is 118 Å². The van der Waals surface area contributed by atoms with Gasteiger partial charge in [-0.25, -0.2) is 0 Å². The Morgan fingerprint density at radius 1 is 1.32 bits per heavy atom. The average Bonchev–Trinajstić information content (AvgIpc) is 2.27. The second-order valence-electron chi connectivity index (χ2n) is 5.59. The van der Waals surface area contributed by atoms with Crippen molar-refractivity contribution in [2.75, 3.05) is 7.11 Å². The molecule has 1 aromatic heterocycles. The summed E-state index contributed by atoms with van der Waals surface area (Å²) in [6.45, 7) is 5.94. The van der Waals surface area contributed by atoms with Crippen LogP contribution in [0.15, 0.2) is 18.2 Å². The number of ether oxygens (including phenoxy) is 1. The van der Waals surface area contributed by atoms with Crippen LogP contribution in [-0.2, 0) is 6.42 Å². The van der Waals surface area contributed by atoms with Crippen molar-refractivity contribution in [2.45, 2.75) is 32.7 Å². The van der Waals surface area contributed by atoms with Crippen LogP contribution in [0.3, 0.4) is 0 Å². The van der Waals surface area contributed by atoms with Gasteiger partial charge in [0.05, 0.1) is 12.6 Å². The Balaban J connectivity index is 2.73. The lowest BCUT2D eigenvalue weighted by atomic mass is 9.94. The van der Waals surface area contributed by atoms with Crippen LogP contribution in [0.1, 0.15) is 25.1 Å². The average molecular weight is 279 g/mol. The molecule has 2 rings (SSSR count). The number of hydrogen-bond acceptors (Lipinski definition) is 3. The van der Waals surface area contributed by atoms with Crippen molar-refractivity contribution < 1.29 is 4.74 Å². The van der Waals surface area contributed by atoms with Gasteiger partial charge in [0.25, 0.3) is 0 Å². The molecule has 0 saturated heterocycles. The molecule has 0 fully saturated rings. The highest BCUT2D eigenvalue weighted by Gasteiger charge is 2.17. The fraction of sp³-hybridized carbons (Fsp3) is 0.400. The number of aryl methyl sites for hydroxylation is 1. The van der Waals surface area contributed by atoms with E-state index in [9.17, 15) is 0 Å². The highest BCUT2D eigenvalue weighted by atomic mass is 35.5. The molecule has 2 aromatic rings. The maximum Gasteiger partial charge on any atom is 0.130 e. The molecule has 0 spiro atoms. The highest BCUT2D eigenvalue weighted by molar-refractivity contribution is 6.31. The highest BCUT2D eigenvalue weighted by Crippen LogP contribution is 2.31. The molecule has 0 bridgehead atoms. The van der Waals surface area contributed by atoms with Crippen LogP contribution in [0, 0.1) is 6.92 Å². The second-order valence-corrected chi connectivity index (χ2v) is 6.03. The van der Waals surface area contributed by atoms with E-state index in [1.807, 2.05) is 39.0 Å². The normalized spacial score (nSPS) is 11.9. The molecular weight excluding hydrogens is 260 g/mol. The Hall–Kier alpha value is -1.32. The van der Waals surface area contributed by atoms with E-state index in [4.69, 9.17) is 22.1 Å². The van der Waals surface area contributed by atoms with E-state index in [-0.39, 0.29) is 5.54 Å². The number of aromatic nitrogens is 1. The number of nitrogens with zero attached hydrogens (tertiary/aromatic N) is 1. The maximum atomic E-state index is 6.20. The van der Waals surface area contributed by atoms with Gasteiger partial charge in [-0.15, -0.1) is 0 Å². The quantitative estimate of drug-likeness (QED) is 0.935. The van der Waals surface area contributed by atoms with E-state index in [1.165, 1.54) is 0 Å². The van der Waals surface area contributed by atoms with Gasteiger partial charge < -0.3 is 10.5 Å². The van der Waals surface area contributed by atoms with Crippen LogP contribution < -0.4 is 10.5 Å². The van der Waals surface area contributed by atoms with E-state index >= 15 is 0 Å². The molecule has 0 amide bonds. The van der Waals surface area contributed by atoms with Gasteiger partial charge in [0.2, 0.25) is 0 Å². The molecule has 0 radical (unpaired) electrons. The lowest BCUT2D eigenvalue weighted by Crippen LogP contribution is -2.34. The first-order valence-corrected chi connectivity index (χ1v) is 6.60. The van der Waals surface area contributed by atoms with E-state index < -0.39 is 0 Å². The van der Waals surface area contributed by atoms with Gasteiger partial charge in [0.1, 0.15) is 5.75 Å². The first-order chi connectivity index (χ1) is 8.80. The minimum absolute atomic E-state index is 0.309. The van der Waals surface area contributed by atoms with Gasteiger partial charge in [-0.2, -0.15) is 0 Å². The van der Waals surface area contributed by atoms with Crippen LogP contribution in [0.4, 0.5) is 0 Å². The molecule has 0 aliphatic carbocycles. The number of rotatable bonds is 3. The molecule has 102 valence electrons. The topological polar surface area (TPSA) is 48.1 Å². The SMILES string of the molecule is COc1cc(C)nc2c(CC(C)(C)N)cc(Cl)cc12. The molecule has 0 saturated carbocycles. The van der Waals surface area contributed by atoms with Crippen molar-refractivity contribution >= 4 is 22.5 Å². The number of halogens is 1. The number of pyridine rings is 1. The number of benzene rings is 1. The molecule has 1 heterocycles. The Kier molecular flexibility index (Phi) is 3.70.